The number of benzene rings is 12. The highest BCUT2D eigenvalue weighted by atomic mass is 32.1. The van der Waals surface area contributed by atoms with E-state index in [4.69, 9.17) is 0 Å². The quantitative estimate of drug-likeness (QED) is 0.164. The van der Waals surface area contributed by atoms with E-state index in [0.717, 1.165) is 17.1 Å². The van der Waals surface area contributed by atoms with Crippen LogP contribution in [-0.2, 0) is 0 Å². The highest BCUT2D eigenvalue weighted by molar-refractivity contribution is 7.26. The summed E-state index contributed by atoms with van der Waals surface area (Å²) in [6.45, 7) is 0. The molecule has 0 aliphatic rings. The van der Waals surface area contributed by atoms with Crippen LogP contribution in [0.5, 0.6) is 0 Å². The zero-order valence-corrected chi connectivity index (χ0v) is 43.5. The molecule has 0 saturated heterocycles. The third-order valence-corrected chi connectivity index (χ3v) is 19.0. The van der Waals surface area contributed by atoms with E-state index >= 15 is 0 Å². The van der Waals surface area contributed by atoms with Gasteiger partial charge < -0.3 is 18.3 Å². The fourth-order valence-corrected chi connectivity index (χ4v) is 15.6. The molecule has 362 valence electrons. The van der Waals surface area contributed by atoms with Gasteiger partial charge in [-0.25, -0.2) is 0 Å². The van der Waals surface area contributed by atoms with E-state index in [1.807, 2.05) is 22.7 Å². The van der Waals surface area contributed by atoms with Crippen molar-refractivity contribution in [3.8, 4) is 33.9 Å². The molecule has 0 bridgehead atoms. The molecule has 18 rings (SSSR count). The Labute approximate surface area is 454 Å². The van der Waals surface area contributed by atoms with Crippen molar-refractivity contribution in [3.63, 3.8) is 0 Å². The molecule has 0 atom stereocenters. The van der Waals surface area contributed by atoms with Crippen LogP contribution in [0.25, 0.3) is 161 Å². The molecule has 6 heteroatoms. The number of para-hydroxylation sites is 4. The van der Waals surface area contributed by atoms with Crippen LogP contribution in [0.4, 0.5) is 0 Å². The lowest BCUT2D eigenvalue weighted by molar-refractivity contribution is 1.17. The standard InChI is InChI=1S/C72H42N4S2/c1-2-14-45(15-3-1)75-59-21-9-4-16-49(59)53-35-37-63-70(71(53)75)56-33-28-44(40-64(56)74(63)47-31-38-67-57(41-47)51-18-7-12-24-65(51)77-67)43-26-29-46(30-27-43)73-61-23-11-6-20-55(61)69-62(73)36-34-54-50-17-5-10-22-60(50)76(72(54)69)48-32-39-68-58(42-48)52-19-8-13-25-66(52)78-68/h1-42H. The van der Waals surface area contributed by atoms with Crippen LogP contribution in [0.1, 0.15) is 0 Å². The molecule has 0 aliphatic heterocycles. The van der Waals surface area contributed by atoms with Crippen LogP contribution in [0.15, 0.2) is 255 Å². The first-order valence-corrected chi connectivity index (χ1v) is 28.3. The van der Waals surface area contributed by atoms with E-state index in [-0.39, 0.29) is 0 Å². The summed E-state index contributed by atoms with van der Waals surface area (Å²) in [4.78, 5) is 0. The molecule has 4 nitrogen and oxygen atoms in total. The fourth-order valence-electron chi connectivity index (χ4n) is 13.4. The van der Waals surface area contributed by atoms with Gasteiger partial charge in [-0.15, -0.1) is 22.7 Å². The minimum Gasteiger partial charge on any atom is -0.309 e. The Hall–Kier alpha value is -9.72. The van der Waals surface area contributed by atoms with Gasteiger partial charge in [-0.1, -0.05) is 146 Å². The van der Waals surface area contributed by atoms with Gasteiger partial charge in [-0.2, -0.15) is 0 Å². The van der Waals surface area contributed by atoms with E-state index in [2.05, 4.69) is 273 Å². The van der Waals surface area contributed by atoms with E-state index in [0.29, 0.717) is 0 Å². The topological polar surface area (TPSA) is 19.7 Å². The van der Waals surface area contributed by atoms with Gasteiger partial charge in [0.1, 0.15) is 0 Å². The van der Waals surface area contributed by atoms with Crippen LogP contribution in [0.3, 0.4) is 0 Å². The third kappa shape index (κ3) is 5.82. The molecule has 0 amide bonds. The molecule has 0 aliphatic carbocycles. The molecule has 0 saturated carbocycles. The second-order valence-corrected chi connectivity index (χ2v) is 22.9. The number of hydrogen-bond acceptors (Lipinski definition) is 2. The maximum Gasteiger partial charge on any atom is 0.0641 e. The van der Waals surface area contributed by atoms with E-state index in [1.165, 1.54) is 144 Å². The molecule has 6 aromatic heterocycles. The van der Waals surface area contributed by atoms with Crippen molar-refractivity contribution >= 4 is 150 Å². The van der Waals surface area contributed by atoms with Crippen molar-refractivity contribution in [2.45, 2.75) is 0 Å². The van der Waals surface area contributed by atoms with Crippen molar-refractivity contribution in [1.29, 1.82) is 0 Å². The first-order valence-electron chi connectivity index (χ1n) is 26.7. The first kappa shape index (κ1) is 42.5. The largest absolute Gasteiger partial charge is 0.309 e. The summed E-state index contributed by atoms with van der Waals surface area (Å²) >= 11 is 3.73. The Bertz CT molecular complexity index is 5560. The van der Waals surface area contributed by atoms with Crippen LogP contribution in [0.2, 0.25) is 0 Å². The van der Waals surface area contributed by atoms with E-state index < -0.39 is 0 Å². The number of aromatic nitrogens is 4. The summed E-state index contributed by atoms with van der Waals surface area (Å²) < 4.78 is 15.2. The fraction of sp³-hybridized carbons (Fsp3) is 0. The molecular formula is C72H42N4S2. The SMILES string of the molecule is c1ccc(-n2c3ccccc3c3ccc4c(c5ccc(-c6ccc(-n7c8ccccc8c8c7ccc7c9ccccc9n(-c9ccc%10sc%11ccccc%11c%10c9)c78)cc6)cc5n4-c4ccc5sc6ccccc6c5c4)c32)cc1. The third-order valence-electron chi connectivity index (χ3n) is 16.7. The summed E-state index contributed by atoms with van der Waals surface area (Å²) in [6.07, 6.45) is 0. The van der Waals surface area contributed by atoms with Crippen LogP contribution >= 0.6 is 22.7 Å². The van der Waals surface area contributed by atoms with E-state index in [1.54, 1.807) is 0 Å². The average Bonchev–Trinajstić information content (AvgIpc) is 4.37. The minimum atomic E-state index is 1.13. The smallest absolute Gasteiger partial charge is 0.0641 e. The Morgan fingerprint density at radius 3 is 1.19 bits per heavy atom. The summed E-state index contributed by atoms with van der Waals surface area (Å²) in [6, 6.07) is 95.0. The molecule has 0 unspecified atom stereocenters. The lowest BCUT2D eigenvalue weighted by atomic mass is 10.0. The van der Waals surface area contributed by atoms with Gasteiger partial charge in [-0.3, -0.25) is 0 Å². The van der Waals surface area contributed by atoms with Gasteiger partial charge in [0.05, 0.1) is 44.1 Å². The lowest BCUT2D eigenvalue weighted by Crippen LogP contribution is -1.96. The monoisotopic (exact) mass is 1030 g/mol. The molecule has 6 heterocycles. The normalized spacial score (nSPS) is 12.4. The summed E-state index contributed by atoms with van der Waals surface area (Å²) in [7, 11) is 0. The predicted octanol–water partition coefficient (Wildman–Crippen LogP) is 20.5. The average molecular weight is 1030 g/mol. The Balaban J connectivity index is 0.842. The number of rotatable bonds is 5. The zero-order valence-electron chi connectivity index (χ0n) is 41.9. The molecule has 0 radical (unpaired) electrons. The van der Waals surface area contributed by atoms with Crippen molar-refractivity contribution in [3.05, 3.63) is 255 Å². The number of thiophene rings is 2. The number of fused-ring (bicyclic) bond motifs is 20. The van der Waals surface area contributed by atoms with Crippen molar-refractivity contribution in [2.24, 2.45) is 0 Å². The zero-order chi connectivity index (χ0) is 50.7. The van der Waals surface area contributed by atoms with Gasteiger partial charge in [-0.05, 0) is 120 Å². The number of nitrogens with zero attached hydrogens (tertiary/aromatic N) is 4. The highest BCUT2D eigenvalue weighted by Gasteiger charge is 2.24. The predicted molar refractivity (Wildman–Crippen MR) is 335 cm³/mol. The van der Waals surface area contributed by atoms with Crippen LogP contribution < -0.4 is 0 Å². The molecule has 78 heavy (non-hydrogen) atoms. The second kappa shape index (κ2) is 15.9. The molecule has 0 fully saturated rings. The van der Waals surface area contributed by atoms with Crippen molar-refractivity contribution in [2.75, 3.05) is 0 Å². The lowest BCUT2D eigenvalue weighted by Gasteiger charge is -2.12. The molecular weight excluding hydrogens is 985 g/mol. The van der Waals surface area contributed by atoms with Gasteiger partial charge >= 0.3 is 0 Å². The van der Waals surface area contributed by atoms with Gasteiger partial charge in [0.25, 0.3) is 0 Å². The summed E-state index contributed by atoms with van der Waals surface area (Å²) in [5.74, 6) is 0. The second-order valence-electron chi connectivity index (χ2n) is 20.8. The van der Waals surface area contributed by atoms with Crippen molar-refractivity contribution in [1.82, 2.24) is 18.3 Å². The first-order chi connectivity index (χ1) is 38.7. The van der Waals surface area contributed by atoms with Gasteiger partial charge in [0.2, 0.25) is 0 Å². The van der Waals surface area contributed by atoms with Crippen LogP contribution in [-0.4, -0.2) is 18.3 Å². The highest BCUT2D eigenvalue weighted by Crippen LogP contribution is 2.47. The molecule has 0 N–H and O–H groups in total. The number of hydrogen-bond donors (Lipinski definition) is 0. The van der Waals surface area contributed by atoms with Crippen molar-refractivity contribution < 1.29 is 0 Å². The maximum atomic E-state index is 2.51. The minimum absolute atomic E-state index is 1.13. The molecule has 0 spiro atoms. The molecule has 12 aromatic carbocycles. The van der Waals surface area contributed by atoms with Gasteiger partial charge in [0, 0.05) is 106 Å². The van der Waals surface area contributed by atoms with Gasteiger partial charge in [0.15, 0.2) is 0 Å². The maximum absolute atomic E-state index is 2.51. The summed E-state index contributed by atoms with van der Waals surface area (Å²) in [5.41, 5.74) is 16.5. The Morgan fingerprint density at radius 2 is 0.603 bits per heavy atom. The molecule has 18 aromatic rings. The van der Waals surface area contributed by atoms with E-state index in [9.17, 15) is 0 Å². The van der Waals surface area contributed by atoms with Crippen LogP contribution in [0, 0.1) is 0 Å². The summed E-state index contributed by atoms with van der Waals surface area (Å²) in [5, 5.41) is 15.2. The Kier molecular flexibility index (Phi) is 8.67. The Morgan fingerprint density at radius 1 is 0.205 bits per heavy atom.